The zero-order chi connectivity index (χ0) is 15.1. The summed E-state index contributed by atoms with van der Waals surface area (Å²) in [5.74, 6) is 0.398. The number of carbonyl (C=O) groups excluding carboxylic acids is 1. The molecule has 0 aromatic heterocycles. The molecule has 1 amide bonds. The summed E-state index contributed by atoms with van der Waals surface area (Å²) in [6.07, 6.45) is 4.60. The quantitative estimate of drug-likeness (QED) is 0.857. The van der Waals surface area contributed by atoms with E-state index in [9.17, 15) is 9.18 Å². The molecule has 3 nitrogen and oxygen atoms in total. The molecule has 1 saturated carbocycles. The molecule has 22 heavy (non-hydrogen) atoms. The van der Waals surface area contributed by atoms with Crippen molar-refractivity contribution in [3.63, 3.8) is 0 Å². The Morgan fingerprint density at radius 1 is 1.18 bits per heavy atom. The largest absolute Gasteiger partial charge is 0.341 e. The lowest BCUT2D eigenvalue weighted by atomic mass is 10.1. The average molecular weight is 302 g/mol. The maximum atomic E-state index is 13.3. The zero-order valence-corrected chi connectivity index (χ0v) is 12.9. The number of hydrogen-bond acceptors (Lipinski definition) is 2. The Morgan fingerprint density at radius 3 is 2.77 bits per heavy atom. The summed E-state index contributed by atoms with van der Waals surface area (Å²) in [7, 11) is 0. The zero-order valence-electron chi connectivity index (χ0n) is 12.9. The molecule has 118 valence electrons. The molecule has 3 fully saturated rings. The molecular weight excluding hydrogens is 279 g/mol. The van der Waals surface area contributed by atoms with E-state index in [1.54, 1.807) is 12.1 Å². The highest BCUT2D eigenvalue weighted by molar-refractivity contribution is 5.83. The minimum atomic E-state index is -0.203. The van der Waals surface area contributed by atoms with Gasteiger partial charge < -0.3 is 4.90 Å². The highest BCUT2D eigenvalue weighted by Crippen LogP contribution is 2.48. The van der Waals surface area contributed by atoms with Gasteiger partial charge in [0.25, 0.3) is 0 Å². The number of amides is 1. The molecule has 3 atom stereocenters. The van der Waals surface area contributed by atoms with Crippen molar-refractivity contribution in [3.05, 3.63) is 35.6 Å². The SMILES string of the molecule is O=C([C@@H]1C[C@@H]1c1cccc(F)c1)N1CC[C@@H](N2CCCC2)C1. The van der Waals surface area contributed by atoms with Gasteiger partial charge in [0.1, 0.15) is 5.82 Å². The Morgan fingerprint density at radius 2 is 2.00 bits per heavy atom. The van der Waals surface area contributed by atoms with Gasteiger partial charge in [0.2, 0.25) is 5.91 Å². The minimum Gasteiger partial charge on any atom is -0.341 e. The number of benzene rings is 1. The highest BCUT2D eigenvalue weighted by Gasteiger charge is 2.47. The Kier molecular flexibility index (Phi) is 3.65. The second-order valence-corrected chi connectivity index (χ2v) is 6.97. The van der Waals surface area contributed by atoms with Crippen molar-refractivity contribution in [2.24, 2.45) is 5.92 Å². The van der Waals surface area contributed by atoms with Crippen LogP contribution in [0.15, 0.2) is 24.3 Å². The van der Waals surface area contributed by atoms with Crippen LogP contribution in [0.5, 0.6) is 0 Å². The third-order valence-corrected chi connectivity index (χ3v) is 5.52. The van der Waals surface area contributed by atoms with Crippen LogP contribution >= 0.6 is 0 Å². The van der Waals surface area contributed by atoms with Gasteiger partial charge in [-0.25, -0.2) is 4.39 Å². The number of nitrogens with zero attached hydrogens (tertiary/aromatic N) is 2. The molecule has 0 spiro atoms. The second kappa shape index (κ2) is 5.65. The van der Waals surface area contributed by atoms with Gasteiger partial charge in [-0.2, -0.15) is 0 Å². The van der Waals surface area contributed by atoms with Crippen molar-refractivity contribution in [1.29, 1.82) is 0 Å². The van der Waals surface area contributed by atoms with Crippen molar-refractivity contribution in [2.75, 3.05) is 26.2 Å². The molecule has 2 aliphatic heterocycles. The van der Waals surface area contributed by atoms with Crippen LogP contribution in [0.4, 0.5) is 4.39 Å². The molecule has 2 heterocycles. The average Bonchev–Trinajstić information content (AvgIpc) is 2.92. The lowest BCUT2D eigenvalue weighted by molar-refractivity contribution is -0.131. The van der Waals surface area contributed by atoms with Crippen molar-refractivity contribution in [3.8, 4) is 0 Å². The Labute approximate surface area is 131 Å². The van der Waals surface area contributed by atoms with Crippen LogP contribution in [0, 0.1) is 11.7 Å². The third-order valence-electron chi connectivity index (χ3n) is 5.52. The van der Waals surface area contributed by atoms with Crippen LogP contribution in [-0.2, 0) is 4.79 Å². The molecule has 1 aliphatic carbocycles. The topological polar surface area (TPSA) is 23.6 Å². The van der Waals surface area contributed by atoms with Gasteiger partial charge in [0.05, 0.1) is 0 Å². The van der Waals surface area contributed by atoms with E-state index in [4.69, 9.17) is 0 Å². The molecule has 0 N–H and O–H groups in total. The highest BCUT2D eigenvalue weighted by atomic mass is 19.1. The van der Waals surface area contributed by atoms with Crippen LogP contribution in [0.2, 0.25) is 0 Å². The third kappa shape index (κ3) is 2.65. The summed E-state index contributed by atoms with van der Waals surface area (Å²) in [5.41, 5.74) is 0.980. The molecule has 0 unspecified atom stereocenters. The maximum absolute atomic E-state index is 13.3. The van der Waals surface area contributed by atoms with Crippen molar-refractivity contribution >= 4 is 5.91 Å². The Bertz CT molecular complexity index is 570. The number of rotatable bonds is 3. The van der Waals surface area contributed by atoms with E-state index in [0.29, 0.717) is 6.04 Å². The monoisotopic (exact) mass is 302 g/mol. The van der Waals surface area contributed by atoms with Crippen LogP contribution in [0.25, 0.3) is 0 Å². The van der Waals surface area contributed by atoms with Crippen LogP contribution in [0.3, 0.4) is 0 Å². The van der Waals surface area contributed by atoms with E-state index in [2.05, 4.69) is 4.90 Å². The first-order valence-corrected chi connectivity index (χ1v) is 8.50. The van der Waals surface area contributed by atoms with Crippen LogP contribution < -0.4 is 0 Å². The van der Waals surface area contributed by atoms with E-state index in [-0.39, 0.29) is 23.6 Å². The first-order valence-electron chi connectivity index (χ1n) is 8.50. The number of carbonyl (C=O) groups is 1. The van der Waals surface area contributed by atoms with Gasteiger partial charge in [0, 0.05) is 25.0 Å². The predicted octanol–water partition coefficient (Wildman–Crippen LogP) is 2.63. The number of halogens is 1. The lowest BCUT2D eigenvalue weighted by Crippen LogP contribution is -2.37. The summed E-state index contributed by atoms with van der Waals surface area (Å²) in [5, 5.41) is 0. The molecule has 1 aromatic rings. The number of likely N-dealkylation sites (tertiary alicyclic amines) is 2. The van der Waals surface area contributed by atoms with Gasteiger partial charge in [-0.05, 0) is 62.4 Å². The lowest BCUT2D eigenvalue weighted by Gasteiger charge is -2.23. The minimum absolute atomic E-state index is 0.0825. The molecule has 4 rings (SSSR count). The molecule has 4 heteroatoms. The molecule has 0 radical (unpaired) electrons. The summed E-state index contributed by atoms with van der Waals surface area (Å²) in [6, 6.07) is 7.29. The summed E-state index contributed by atoms with van der Waals surface area (Å²) >= 11 is 0. The van der Waals surface area contributed by atoms with E-state index < -0.39 is 0 Å². The Balaban J connectivity index is 1.35. The second-order valence-electron chi connectivity index (χ2n) is 6.97. The fraction of sp³-hybridized carbons (Fsp3) is 0.611. The predicted molar refractivity (Wildman–Crippen MR) is 83.0 cm³/mol. The Hall–Kier alpha value is -1.42. The van der Waals surface area contributed by atoms with Crippen LogP contribution in [-0.4, -0.2) is 47.9 Å². The van der Waals surface area contributed by atoms with E-state index in [0.717, 1.165) is 31.5 Å². The first-order chi connectivity index (χ1) is 10.7. The number of hydrogen-bond donors (Lipinski definition) is 0. The molecule has 3 aliphatic rings. The fourth-order valence-electron chi connectivity index (χ4n) is 4.15. The summed E-state index contributed by atoms with van der Waals surface area (Å²) in [4.78, 5) is 17.2. The standard InChI is InChI=1S/C18H23FN2O/c19-14-5-3-4-13(10-14)16-11-17(16)18(22)21-9-6-15(12-21)20-7-1-2-8-20/h3-5,10,15-17H,1-2,6-9,11-12H2/t15-,16-,17-/m1/s1. The van der Waals surface area contributed by atoms with Crippen molar-refractivity contribution < 1.29 is 9.18 Å². The molecule has 0 bridgehead atoms. The first kappa shape index (κ1) is 14.2. The fourth-order valence-corrected chi connectivity index (χ4v) is 4.15. The maximum Gasteiger partial charge on any atom is 0.226 e. The summed E-state index contributed by atoms with van der Waals surface area (Å²) < 4.78 is 13.3. The molecular formula is C18H23FN2O. The van der Waals surface area contributed by atoms with Gasteiger partial charge >= 0.3 is 0 Å². The van der Waals surface area contributed by atoms with E-state index >= 15 is 0 Å². The molecule has 1 aromatic carbocycles. The van der Waals surface area contributed by atoms with E-state index in [1.165, 1.54) is 32.0 Å². The molecule has 2 saturated heterocycles. The van der Waals surface area contributed by atoms with Gasteiger partial charge in [-0.3, -0.25) is 9.69 Å². The van der Waals surface area contributed by atoms with Crippen LogP contribution in [0.1, 0.15) is 37.2 Å². The van der Waals surface area contributed by atoms with Crippen molar-refractivity contribution in [1.82, 2.24) is 9.80 Å². The normalized spacial score (nSPS) is 31.7. The smallest absolute Gasteiger partial charge is 0.226 e. The van der Waals surface area contributed by atoms with Gasteiger partial charge in [-0.15, -0.1) is 0 Å². The van der Waals surface area contributed by atoms with Crippen molar-refractivity contribution in [2.45, 2.75) is 37.6 Å². The summed E-state index contributed by atoms with van der Waals surface area (Å²) in [6.45, 7) is 4.18. The van der Waals surface area contributed by atoms with Gasteiger partial charge in [-0.1, -0.05) is 12.1 Å². The van der Waals surface area contributed by atoms with Gasteiger partial charge in [0.15, 0.2) is 0 Å². The van der Waals surface area contributed by atoms with E-state index in [1.807, 2.05) is 11.0 Å².